The third-order valence-electron chi connectivity index (χ3n) is 1.87. The molecule has 2 rings (SSSR count). The summed E-state index contributed by atoms with van der Waals surface area (Å²) in [5.74, 6) is 5.85. The number of rotatable bonds is 1. The molecule has 0 saturated heterocycles. The van der Waals surface area contributed by atoms with Crippen molar-refractivity contribution in [1.82, 2.24) is 15.2 Å². The summed E-state index contributed by atoms with van der Waals surface area (Å²) in [4.78, 5) is 4.13. The van der Waals surface area contributed by atoms with Crippen LogP contribution in [0.5, 0.6) is 0 Å². The maximum atomic E-state index is 5.95. The van der Waals surface area contributed by atoms with Crippen LogP contribution in [0.2, 0.25) is 5.15 Å². The minimum Gasteiger partial charge on any atom is -0.330 e. The predicted octanol–water partition coefficient (Wildman–Crippen LogP) is 1.31. The molecule has 0 aliphatic heterocycles. The number of hydrogen-bond donors (Lipinski definition) is 2. The Bertz CT molecular complexity index is 535. The Balaban J connectivity index is 2.43. The van der Waals surface area contributed by atoms with E-state index in [1.165, 1.54) is 0 Å². The molecule has 3 N–H and O–H groups in total. The van der Waals surface area contributed by atoms with Gasteiger partial charge in [-0.3, -0.25) is 5.10 Å². The van der Waals surface area contributed by atoms with Gasteiger partial charge in [-0.15, -0.1) is 0 Å². The third kappa shape index (κ3) is 2.09. The number of halogens is 1. The number of nitrogens with one attached hydrogen (secondary N) is 1. The molecule has 0 amide bonds. The molecule has 2 aromatic rings. The van der Waals surface area contributed by atoms with E-state index in [0.717, 1.165) is 5.39 Å². The Morgan fingerprint density at radius 1 is 1.53 bits per heavy atom. The van der Waals surface area contributed by atoms with E-state index in [1.807, 2.05) is 6.07 Å². The van der Waals surface area contributed by atoms with Crippen molar-refractivity contribution >= 4 is 22.6 Å². The van der Waals surface area contributed by atoms with Crippen molar-refractivity contribution in [2.24, 2.45) is 5.73 Å². The van der Waals surface area contributed by atoms with Gasteiger partial charge in [-0.2, -0.15) is 5.10 Å². The molecule has 0 atom stereocenters. The van der Waals surface area contributed by atoms with Crippen LogP contribution in [0.4, 0.5) is 0 Å². The van der Waals surface area contributed by atoms with Crippen LogP contribution in [0.15, 0.2) is 12.3 Å². The summed E-state index contributed by atoms with van der Waals surface area (Å²) in [6.07, 6.45) is 2.34. The summed E-state index contributed by atoms with van der Waals surface area (Å²) in [7, 11) is 0. The summed E-state index contributed by atoms with van der Waals surface area (Å²) in [6, 6.07) is 1.86. The van der Waals surface area contributed by atoms with E-state index in [9.17, 15) is 0 Å². The topological polar surface area (TPSA) is 67.6 Å². The number of pyridine rings is 1. The van der Waals surface area contributed by atoms with Gasteiger partial charge in [0.1, 0.15) is 5.15 Å². The Hall–Kier alpha value is -1.57. The van der Waals surface area contributed by atoms with Gasteiger partial charge in [0.2, 0.25) is 0 Å². The fraction of sp³-hybridized carbons (Fsp3) is 0.200. The Morgan fingerprint density at radius 2 is 2.40 bits per heavy atom. The van der Waals surface area contributed by atoms with E-state index in [2.05, 4.69) is 27.0 Å². The molecule has 0 unspecified atom stereocenters. The predicted molar refractivity (Wildman–Crippen MR) is 59.4 cm³/mol. The van der Waals surface area contributed by atoms with E-state index in [1.54, 1.807) is 6.20 Å². The van der Waals surface area contributed by atoms with Gasteiger partial charge >= 0.3 is 0 Å². The van der Waals surface area contributed by atoms with Crippen molar-refractivity contribution in [1.29, 1.82) is 0 Å². The van der Waals surface area contributed by atoms with Crippen LogP contribution in [-0.2, 0) is 0 Å². The lowest BCUT2D eigenvalue weighted by molar-refractivity contribution is 1.03. The lowest BCUT2D eigenvalue weighted by Crippen LogP contribution is -1.95. The summed E-state index contributed by atoms with van der Waals surface area (Å²) < 4.78 is 0. The summed E-state index contributed by atoms with van der Waals surface area (Å²) in [5.41, 5.74) is 6.72. The molecule has 0 saturated carbocycles. The third-order valence-corrected chi connectivity index (χ3v) is 2.16. The van der Waals surface area contributed by atoms with Gasteiger partial charge in [-0.05, 0) is 6.07 Å². The zero-order valence-corrected chi connectivity index (χ0v) is 8.67. The van der Waals surface area contributed by atoms with Gasteiger partial charge in [0.05, 0.1) is 11.8 Å². The SMILES string of the molecule is NCCC#Cc1cc2cn[nH]c2nc1Cl. The molecule has 2 heterocycles. The fourth-order valence-electron chi connectivity index (χ4n) is 1.17. The average Bonchev–Trinajstić information content (AvgIpc) is 2.65. The smallest absolute Gasteiger partial charge is 0.156 e. The van der Waals surface area contributed by atoms with Crippen molar-refractivity contribution < 1.29 is 0 Å². The highest BCUT2D eigenvalue weighted by Gasteiger charge is 2.03. The highest BCUT2D eigenvalue weighted by Crippen LogP contribution is 2.17. The molecule has 15 heavy (non-hydrogen) atoms. The van der Waals surface area contributed by atoms with E-state index in [4.69, 9.17) is 17.3 Å². The summed E-state index contributed by atoms with van der Waals surface area (Å²) >= 11 is 5.95. The monoisotopic (exact) mass is 220 g/mol. The van der Waals surface area contributed by atoms with E-state index >= 15 is 0 Å². The van der Waals surface area contributed by atoms with Gasteiger partial charge < -0.3 is 5.73 Å². The minimum atomic E-state index is 0.385. The molecule has 0 spiro atoms. The minimum absolute atomic E-state index is 0.385. The maximum absolute atomic E-state index is 5.95. The van der Waals surface area contributed by atoms with Crippen molar-refractivity contribution in [2.45, 2.75) is 6.42 Å². The first-order valence-corrected chi connectivity index (χ1v) is 4.87. The highest BCUT2D eigenvalue weighted by atomic mass is 35.5. The molecule has 0 fully saturated rings. The zero-order valence-electron chi connectivity index (χ0n) is 7.92. The molecule has 76 valence electrons. The second-order valence-corrected chi connectivity index (χ2v) is 3.33. The molecule has 0 aliphatic rings. The number of nitrogens with zero attached hydrogens (tertiary/aromatic N) is 2. The van der Waals surface area contributed by atoms with Crippen LogP contribution in [0.3, 0.4) is 0 Å². The zero-order chi connectivity index (χ0) is 10.7. The molecule has 0 aliphatic carbocycles. The van der Waals surface area contributed by atoms with Crippen LogP contribution in [0.1, 0.15) is 12.0 Å². The number of nitrogens with two attached hydrogens (primary N) is 1. The normalized spacial score (nSPS) is 10.0. The van der Waals surface area contributed by atoms with Gasteiger partial charge in [0, 0.05) is 18.4 Å². The second-order valence-electron chi connectivity index (χ2n) is 2.98. The van der Waals surface area contributed by atoms with E-state index < -0.39 is 0 Å². The summed E-state index contributed by atoms with van der Waals surface area (Å²) in [6.45, 7) is 0.548. The van der Waals surface area contributed by atoms with Crippen molar-refractivity contribution in [3.05, 3.63) is 23.0 Å². The van der Waals surface area contributed by atoms with Crippen LogP contribution in [0, 0.1) is 11.8 Å². The molecule has 0 radical (unpaired) electrons. The van der Waals surface area contributed by atoms with Crippen LogP contribution >= 0.6 is 11.6 Å². The van der Waals surface area contributed by atoms with Crippen LogP contribution in [0.25, 0.3) is 11.0 Å². The van der Waals surface area contributed by atoms with E-state index in [-0.39, 0.29) is 0 Å². The van der Waals surface area contributed by atoms with Crippen molar-refractivity contribution in [3.8, 4) is 11.8 Å². The first-order chi connectivity index (χ1) is 7.31. The first-order valence-electron chi connectivity index (χ1n) is 4.50. The Kier molecular flexibility index (Phi) is 2.86. The molecule has 0 aromatic carbocycles. The van der Waals surface area contributed by atoms with Gasteiger partial charge in [0.15, 0.2) is 5.65 Å². The largest absolute Gasteiger partial charge is 0.330 e. The van der Waals surface area contributed by atoms with Crippen molar-refractivity contribution in [3.63, 3.8) is 0 Å². The molecule has 2 aromatic heterocycles. The molecule has 4 nitrogen and oxygen atoms in total. The quantitative estimate of drug-likeness (QED) is 0.563. The molecular weight excluding hydrogens is 212 g/mol. The summed E-state index contributed by atoms with van der Waals surface area (Å²) in [5, 5.41) is 7.89. The Labute approximate surface area is 91.8 Å². The van der Waals surface area contributed by atoms with E-state index in [0.29, 0.717) is 29.3 Å². The Morgan fingerprint density at radius 3 is 3.20 bits per heavy atom. The highest BCUT2D eigenvalue weighted by molar-refractivity contribution is 6.31. The molecule has 0 bridgehead atoms. The maximum Gasteiger partial charge on any atom is 0.156 e. The van der Waals surface area contributed by atoms with Gasteiger partial charge in [0.25, 0.3) is 0 Å². The average molecular weight is 221 g/mol. The number of H-pyrrole nitrogens is 1. The lowest BCUT2D eigenvalue weighted by Gasteiger charge is -1.94. The standard InChI is InChI=1S/C10H9ClN4/c11-9-7(3-1-2-4-12)5-8-6-13-15-10(8)14-9/h5-6H,2,4,12H2,(H,13,14,15). The van der Waals surface area contributed by atoms with Crippen LogP contribution < -0.4 is 5.73 Å². The lowest BCUT2D eigenvalue weighted by atomic mass is 10.2. The molecular formula is C10H9ClN4. The first kappa shape index (κ1) is 9.97. The number of hydrogen-bond acceptors (Lipinski definition) is 3. The second kappa shape index (κ2) is 4.30. The van der Waals surface area contributed by atoms with Gasteiger partial charge in [-0.1, -0.05) is 23.4 Å². The number of fused-ring (bicyclic) bond motifs is 1. The molecule has 5 heteroatoms. The number of aromatic nitrogens is 3. The van der Waals surface area contributed by atoms with Crippen LogP contribution in [-0.4, -0.2) is 21.7 Å². The van der Waals surface area contributed by atoms with Crippen molar-refractivity contribution in [2.75, 3.05) is 6.54 Å². The number of aromatic amines is 1. The van der Waals surface area contributed by atoms with Gasteiger partial charge in [-0.25, -0.2) is 4.98 Å². The fourth-order valence-corrected chi connectivity index (χ4v) is 1.36.